The molecule has 0 aliphatic rings. The molecule has 0 saturated heterocycles. The summed E-state index contributed by atoms with van der Waals surface area (Å²) >= 11 is 0. The van der Waals surface area contributed by atoms with Crippen molar-refractivity contribution in [3.8, 4) is 0 Å². The molecule has 1 nitrogen and oxygen atoms in total. The van der Waals surface area contributed by atoms with Crippen molar-refractivity contribution in [3.63, 3.8) is 0 Å². The summed E-state index contributed by atoms with van der Waals surface area (Å²) < 4.78 is 0. The third-order valence-corrected chi connectivity index (χ3v) is 7.41. The molecule has 0 aliphatic carbocycles. The molecule has 2 heteroatoms. The van der Waals surface area contributed by atoms with Crippen LogP contribution in [0.3, 0.4) is 0 Å². The van der Waals surface area contributed by atoms with Gasteiger partial charge in [0.1, 0.15) is 0 Å². The summed E-state index contributed by atoms with van der Waals surface area (Å²) in [6.07, 6.45) is 0. The number of hydrogen-bond donors (Lipinski definition) is 1. The Morgan fingerprint density at radius 1 is 0.536 bits per heavy atom. The Balaban J connectivity index is 1.88. The minimum Gasteiger partial charge on any atom is -0.355 e. The first-order chi connectivity index (χ1) is 13.7. The quantitative estimate of drug-likeness (QED) is 0.431. The molecule has 0 spiro atoms. The predicted molar refractivity (Wildman–Crippen MR) is 124 cm³/mol. The molecule has 1 N–H and O–H groups in total. The monoisotopic (exact) mass is 381 g/mol. The van der Waals surface area contributed by atoms with E-state index in [1.54, 1.807) is 0 Å². The SMILES string of the molecule is Cc1ccccc1Nc1c(C)cccc1P(c1ccccc1)c1ccccc1. The molecule has 0 radical (unpaired) electrons. The van der Waals surface area contributed by atoms with Gasteiger partial charge < -0.3 is 5.32 Å². The third kappa shape index (κ3) is 3.86. The first-order valence-corrected chi connectivity index (χ1v) is 10.9. The van der Waals surface area contributed by atoms with E-state index >= 15 is 0 Å². The van der Waals surface area contributed by atoms with Crippen LogP contribution in [0, 0.1) is 13.8 Å². The van der Waals surface area contributed by atoms with E-state index in [1.165, 1.54) is 32.7 Å². The molecule has 4 aromatic rings. The molecule has 28 heavy (non-hydrogen) atoms. The van der Waals surface area contributed by atoms with Crippen LogP contribution in [-0.2, 0) is 0 Å². The van der Waals surface area contributed by atoms with Gasteiger partial charge in [0.25, 0.3) is 0 Å². The zero-order valence-corrected chi connectivity index (χ0v) is 17.2. The van der Waals surface area contributed by atoms with E-state index in [0.29, 0.717) is 0 Å². The maximum atomic E-state index is 3.75. The number of anilines is 2. The second-order valence-electron chi connectivity index (χ2n) is 6.92. The maximum Gasteiger partial charge on any atom is 0.0498 e. The normalized spacial score (nSPS) is 10.8. The van der Waals surface area contributed by atoms with Crippen LogP contribution in [-0.4, -0.2) is 0 Å². The number of hydrogen-bond acceptors (Lipinski definition) is 1. The number of nitrogens with one attached hydrogen (secondary N) is 1. The average Bonchev–Trinajstić information content (AvgIpc) is 2.74. The van der Waals surface area contributed by atoms with Crippen LogP contribution in [0.4, 0.5) is 11.4 Å². The number of benzene rings is 4. The minimum atomic E-state index is -0.651. The van der Waals surface area contributed by atoms with E-state index in [0.717, 1.165) is 5.69 Å². The number of aryl methyl sites for hydroxylation is 2. The highest BCUT2D eigenvalue weighted by Crippen LogP contribution is 2.37. The van der Waals surface area contributed by atoms with Gasteiger partial charge in [-0.15, -0.1) is 0 Å². The van der Waals surface area contributed by atoms with Crippen molar-refractivity contribution >= 4 is 35.2 Å². The highest BCUT2D eigenvalue weighted by atomic mass is 31.1. The van der Waals surface area contributed by atoms with Crippen LogP contribution < -0.4 is 21.2 Å². The van der Waals surface area contributed by atoms with Gasteiger partial charge in [0.2, 0.25) is 0 Å². The zero-order chi connectivity index (χ0) is 19.3. The summed E-state index contributed by atoms with van der Waals surface area (Å²) in [5, 5.41) is 7.83. The first kappa shape index (κ1) is 18.5. The Morgan fingerprint density at radius 2 is 1.07 bits per heavy atom. The van der Waals surface area contributed by atoms with E-state index in [9.17, 15) is 0 Å². The standard InChI is InChI=1S/C26H24NP/c1-20-12-9-10-18-24(20)27-26-21(2)13-11-19-25(26)28(22-14-5-3-6-15-22)23-16-7-4-8-17-23/h3-19,27H,1-2H3. The van der Waals surface area contributed by atoms with Crippen molar-refractivity contribution in [1.82, 2.24) is 0 Å². The molecule has 0 atom stereocenters. The molecular formula is C26H24NP. The van der Waals surface area contributed by atoms with Gasteiger partial charge in [-0.3, -0.25) is 0 Å². The van der Waals surface area contributed by atoms with Gasteiger partial charge in [-0.25, -0.2) is 0 Å². The van der Waals surface area contributed by atoms with Crippen LogP contribution >= 0.6 is 7.92 Å². The Labute approximate surface area is 168 Å². The summed E-state index contributed by atoms with van der Waals surface area (Å²) in [5.41, 5.74) is 4.89. The Morgan fingerprint density at radius 3 is 1.68 bits per heavy atom. The van der Waals surface area contributed by atoms with Crippen molar-refractivity contribution < 1.29 is 0 Å². The fourth-order valence-electron chi connectivity index (χ4n) is 3.43. The third-order valence-electron chi connectivity index (χ3n) is 4.93. The highest BCUT2D eigenvalue weighted by molar-refractivity contribution is 7.80. The molecule has 0 fully saturated rings. The van der Waals surface area contributed by atoms with Crippen molar-refractivity contribution in [1.29, 1.82) is 0 Å². The van der Waals surface area contributed by atoms with E-state index in [4.69, 9.17) is 0 Å². The smallest absolute Gasteiger partial charge is 0.0498 e. The van der Waals surface area contributed by atoms with E-state index in [2.05, 4.69) is 122 Å². The van der Waals surface area contributed by atoms with Crippen molar-refractivity contribution in [2.24, 2.45) is 0 Å². The van der Waals surface area contributed by atoms with Crippen LogP contribution in [0.25, 0.3) is 0 Å². The van der Waals surface area contributed by atoms with Gasteiger partial charge in [-0.05, 0) is 49.6 Å². The van der Waals surface area contributed by atoms with Crippen LogP contribution in [0.15, 0.2) is 103 Å². The van der Waals surface area contributed by atoms with Crippen LogP contribution in [0.5, 0.6) is 0 Å². The van der Waals surface area contributed by atoms with Crippen molar-refractivity contribution in [2.75, 3.05) is 5.32 Å². The van der Waals surface area contributed by atoms with E-state index in [-0.39, 0.29) is 0 Å². The molecule has 0 unspecified atom stereocenters. The molecule has 4 aromatic carbocycles. The number of para-hydroxylation sites is 2. The Hall–Kier alpha value is -2.89. The van der Waals surface area contributed by atoms with Gasteiger partial charge in [0, 0.05) is 16.7 Å². The van der Waals surface area contributed by atoms with Gasteiger partial charge in [0.05, 0.1) is 0 Å². The molecule has 0 amide bonds. The Bertz CT molecular complexity index is 1020. The molecule has 0 saturated carbocycles. The molecule has 138 valence electrons. The lowest BCUT2D eigenvalue weighted by molar-refractivity contribution is 1.40. The topological polar surface area (TPSA) is 12.0 Å². The zero-order valence-electron chi connectivity index (χ0n) is 16.3. The van der Waals surface area contributed by atoms with Gasteiger partial charge in [-0.1, -0.05) is 97.1 Å². The lowest BCUT2D eigenvalue weighted by atomic mass is 10.1. The van der Waals surface area contributed by atoms with Gasteiger partial charge >= 0.3 is 0 Å². The summed E-state index contributed by atoms with van der Waals surface area (Å²) in [7, 11) is -0.651. The van der Waals surface area contributed by atoms with E-state index < -0.39 is 7.92 Å². The predicted octanol–water partition coefficient (Wildman–Crippen LogP) is 5.81. The summed E-state index contributed by atoms with van der Waals surface area (Å²) in [5.74, 6) is 0. The highest BCUT2D eigenvalue weighted by Gasteiger charge is 2.20. The fourth-order valence-corrected chi connectivity index (χ4v) is 5.92. The van der Waals surface area contributed by atoms with Gasteiger partial charge in [0.15, 0.2) is 0 Å². The summed E-state index contributed by atoms with van der Waals surface area (Å²) in [4.78, 5) is 0. The van der Waals surface area contributed by atoms with Gasteiger partial charge in [-0.2, -0.15) is 0 Å². The second-order valence-corrected chi connectivity index (χ2v) is 9.10. The fraction of sp³-hybridized carbons (Fsp3) is 0.0769. The second kappa shape index (κ2) is 8.42. The summed E-state index contributed by atoms with van der Waals surface area (Å²) in [6.45, 7) is 4.34. The maximum absolute atomic E-state index is 3.75. The van der Waals surface area contributed by atoms with Crippen molar-refractivity contribution in [3.05, 3.63) is 114 Å². The molecule has 0 bridgehead atoms. The molecule has 0 aliphatic heterocycles. The average molecular weight is 381 g/mol. The molecule has 4 rings (SSSR count). The lowest BCUT2D eigenvalue weighted by Gasteiger charge is -2.24. The molecule has 0 aromatic heterocycles. The van der Waals surface area contributed by atoms with Crippen LogP contribution in [0.2, 0.25) is 0 Å². The number of rotatable bonds is 5. The first-order valence-electron chi connectivity index (χ1n) is 9.56. The largest absolute Gasteiger partial charge is 0.355 e. The lowest BCUT2D eigenvalue weighted by Crippen LogP contribution is -2.23. The van der Waals surface area contributed by atoms with E-state index in [1.807, 2.05) is 0 Å². The summed E-state index contributed by atoms with van der Waals surface area (Å²) in [6, 6.07) is 36.8. The minimum absolute atomic E-state index is 0.651. The molecular weight excluding hydrogens is 357 g/mol. The van der Waals surface area contributed by atoms with Crippen LogP contribution in [0.1, 0.15) is 11.1 Å². The van der Waals surface area contributed by atoms with Crippen molar-refractivity contribution in [2.45, 2.75) is 13.8 Å². The Kier molecular flexibility index (Phi) is 5.55. The molecule has 0 heterocycles.